The van der Waals surface area contributed by atoms with E-state index in [0.29, 0.717) is 18.3 Å². The number of methoxy groups -OCH3 is 1. The Morgan fingerprint density at radius 2 is 2.12 bits per heavy atom. The summed E-state index contributed by atoms with van der Waals surface area (Å²) >= 11 is 0. The lowest BCUT2D eigenvalue weighted by molar-refractivity contribution is -0.164. The smallest absolute Gasteiger partial charge is 0.311 e. The molecule has 0 amide bonds. The van der Waals surface area contributed by atoms with Gasteiger partial charge in [-0.15, -0.1) is 0 Å². The highest BCUT2D eigenvalue weighted by atomic mass is 16.5. The van der Waals surface area contributed by atoms with Gasteiger partial charge in [0.15, 0.2) is 0 Å². The van der Waals surface area contributed by atoms with E-state index in [-0.39, 0.29) is 23.4 Å². The topological polar surface area (TPSA) is 63.6 Å². The summed E-state index contributed by atoms with van der Waals surface area (Å²) in [5.41, 5.74) is 0.946. The number of esters is 1. The van der Waals surface area contributed by atoms with Gasteiger partial charge >= 0.3 is 5.97 Å². The lowest BCUT2D eigenvalue weighted by atomic mass is 9.47. The van der Waals surface area contributed by atoms with Crippen molar-refractivity contribution in [2.24, 2.45) is 28.6 Å². The molecule has 1 N–H and O–H groups in total. The maximum absolute atomic E-state index is 12.5. The summed E-state index contributed by atoms with van der Waals surface area (Å²) in [6, 6.07) is 0. The van der Waals surface area contributed by atoms with Crippen molar-refractivity contribution in [3.8, 4) is 0 Å². The van der Waals surface area contributed by atoms with E-state index in [0.717, 1.165) is 44.8 Å². The molecule has 0 spiro atoms. The predicted molar refractivity (Wildman–Crippen MR) is 91.2 cm³/mol. The van der Waals surface area contributed by atoms with Crippen molar-refractivity contribution in [3.63, 3.8) is 0 Å². The van der Waals surface area contributed by atoms with Crippen molar-refractivity contribution < 1.29 is 19.4 Å². The lowest BCUT2D eigenvalue weighted by Crippen LogP contribution is -2.53. The first-order chi connectivity index (χ1) is 11.4. The van der Waals surface area contributed by atoms with Crippen LogP contribution in [0.4, 0.5) is 0 Å². The number of hydrogen-bond acceptors (Lipinski definition) is 4. The summed E-state index contributed by atoms with van der Waals surface area (Å²) in [6.45, 7) is 4.32. The van der Waals surface area contributed by atoms with Crippen LogP contribution >= 0.6 is 0 Å². The van der Waals surface area contributed by atoms with Gasteiger partial charge in [-0.05, 0) is 68.6 Å². The second kappa shape index (κ2) is 6.29. The first-order valence-corrected chi connectivity index (χ1v) is 9.26. The van der Waals surface area contributed by atoms with Gasteiger partial charge in [-0.1, -0.05) is 18.6 Å². The quantitative estimate of drug-likeness (QED) is 0.489. The number of rotatable bonds is 3. The number of aliphatic hydroxyl groups is 1. The third-order valence-electron chi connectivity index (χ3n) is 7.47. The van der Waals surface area contributed by atoms with Crippen molar-refractivity contribution in [2.45, 2.75) is 64.9 Å². The predicted octanol–water partition coefficient (Wildman–Crippen LogP) is 3.28. The molecule has 0 radical (unpaired) electrons. The fourth-order valence-corrected chi connectivity index (χ4v) is 5.99. The van der Waals surface area contributed by atoms with E-state index in [9.17, 15) is 14.7 Å². The van der Waals surface area contributed by atoms with Crippen LogP contribution in [0.3, 0.4) is 0 Å². The number of aliphatic hydroxyl groups excluding tert-OH is 1. The first-order valence-electron chi connectivity index (χ1n) is 9.26. The Morgan fingerprint density at radius 3 is 2.79 bits per heavy atom. The third-order valence-corrected chi connectivity index (χ3v) is 7.47. The number of carbonyl (C=O) groups is 2. The molecule has 0 aromatic rings. The van der Waals surface area contributed by atoms with Gasteiger partial charge in [0, 0.05) is 6.42 Å². The molecule has 0 unspecified atom stereocenters. The monoisotopic (exact) mass is 334 g/mol. The summed E-state index contributed by atoms with van der Waals surface area (Å²) in [4.78, 5) is 23.8. The van der Waals surface area contributed by atoms with Gasteiger partial charge in [0.05, 0.1) is 18.6 Å². The van der Waals surface area contributed by atoms with Crippen LogP contribution in [0.25, 0.3) is 0 Å². The Morgan fingerprint density at radius 1 is 1.38 bits per heavy atom. The average molecular weight is 334 g/mol. The minimum absolute atomic E-state index is 0.0441. The van der Waals surface area contributed by atoms with Gasteiger partial charge < -0.3 is 14.6 Å². The summed E-state index contributed by atoms with van der Waals surface area (Å²) in [5, 5.41) is 10.0. The van der Waals surface area contributed by atoms with Crippen molar-refractivity contribution >= 4 is 12.3 Å². The van der Waals surface area contributed by atoms with Crippen LogP contribution in [-0.4, -0.2) is 30.6 Å². The number of aldehydes is 1. The van der Waals surface area contributed by atoms with Gasteiger partial charge in [-0.3, -0.25) is 4.79 Å². The highest BCUT2D eigenvalue weighted by Crippen LogP contribution is 2.61. The Labute approximate surface area is 144 Å². The molecule has 134 valence electrons. The molecule has 4 nitrogen and oxygen atoms in total. The van der Waals surface area contributed by atoms with E-state index in [1.165, 1.54) is 12.7 Å². The molecule has 3 aliphatic carbocycles. The first kappa shape index (κ1) is 17.7. The molecule has 0 aromatic heterocycles. The van der Waals surface area contributed by atoms with Crippen LogP contribution in [0.5, 0.6) is 0 Å². The molecule has 6 atom stereocenters. The van der Waals surface area contributed by atoms with Crippen LogP contribution in [0.2, 0.25) is 0 Å². The van der Waals surface area contributed by atoms with Gasteiger partial charge in [0.1, 0.15) is 6.29 Å². The molecule has 0 aromatic carbocycles. The zero-order chi connectivity index (χ0) is 17.5. The van der Waals surface area contributed by atoms with Crippen LogP contribution < -0.4 is 0 Å². The molecule has 2 saturated carbocycles. The number of allylic oxidation sites excluding steroid dienone is 1. The fraction of sp³-hybridized carbons (Fsp3) is 0.800. The molecule has 0 heterocycles. The van der Waals surface area contributed by atoms with Gasteiger partial charge in [0.2, 0.25) is 0 Å². The van der Waals surface area contributed by atoms with Gasteiger partial charge in [-0.2, -0.15) is 0 Å². The maximum atomic E-state index is 12.5. The molecule has 0 aliphatic heterocycles. The van der Waals surface area contributed by atoms with Crippen LogP contribution in [0, 0.1) is 28.6 Å². The van der Waals surface area contributed by atoms with Crippen molar-refractivity contribution in [1.82, 2.24) is 0 Å². The highest BCUT2D eigenvalue weighted by Gasteiger charge is 2.57. The van der Waals surface area contributed by atoms with Crippen molar-refractivity contribution in [3.05, 3.63) is 11.6 Å². The van der Waals surface area contributed by atoms with E-state index >= 15 is 0 Å². The number of ether oxygens (including phenoxy) is 1. The molecule has 2 fully saturated rings. The van der Waals surface area contributed by atoms with Crippen molar-refractivity contribution in [2.75, 3.05) is 7.11 Å². The van der Waals surface area contributed by atoms with Gasteiger partial charge in [0.25, 0.3) is 0 Å². The molecule has 4 heteroatoms. The average Bonchev–Trinajstić information content (AvgIpc) is 2.57. The second-order valence-corrected chi connectivity index (χ2v) is 8.51. The summed E-state index contributed by atoms with van der Waals surface area (Å²) < 4.78 is 5.09. The molecule has 0 saturated heterocycles. The highest BCUT2D eigenvalue weighted by molar-refractivity contribution is 5.77. The van der Waals surface area contributed by atoms with E-state index in [2.05, 4.69) is 13.0 Å². The van der Waals surface area contributed by atoms with E-state index in [1.54, 1.807) is 0 Å². The Hall–Kier alpha value is -1.16. The van der Waals surface area contributed by atoms with Gasteiger partial charge in [-0.25, -0.2) is 0 Å². The Bertz CT molecular complexity index is 554. The van der Waals surface area contributed by atoms with Crippen LogP contribution in [0.1, 0.15) is 58.8 Å². The third kappa shape index (κ3) is 2.54. The lowest BCUT2D eigenvalue weighted by Gasteiger charge is -2.57. The normalized spacial score (nSPS) is 44.8. The number of carbonyl (C=O) groups excluding carboxylic acids is 2. The molecule has 0 bridgehead atoms. The minimum Gasteiger partial charge on any atom is -0.469 e. The zero-order valence-corrected chi connectivity index (χ0v) is 15.1. The largest absolute Gasteiger partial charge is 0.469 e. The Balaban J connectivity index is 1.96. The molecule has 3 aliphatic rings. The standard InChI is InChI=1S/C20H30O4/c1-19-9-6-14(22)12-13(19)4-5-15-16(19)7-10-20(2,18(23)24-3)17(15)8-11-21/h4,11,14-17,22H,5-10,12H2,1-3H3/t14-,15+,16-,17-,19-,20-/m0/s1. The summed E-state index contributed by atoms with van der Waals surface area (Å²) in [7, 11) is 1.44. The second-order valence-electron chi connectivity index (χ2n) is 8.51. The van der Waals surface area contributed by atoms with Crippen LogP contribution in [0.15, 0.2) is 11.6 Å². The molecular formula is C20H30O4. The summed E-state index contributed by atoms with van der Waals surface area (Å²) in [5.74, 6) is 0.708. The molecular weight excluding hydrogens is 304 g/mol. The number of hydrogen-bond donors (Lipinski definition) is 1. The SMILES string of the molecule is COC(=O)[C@@]1(C)CC[C@H]2[C@@H](CC=C3C[C@@H](O)CC[C@@]32C)[C@@H]1CC=O. The zero-order valence-electron chi connectivity index (χ0n) is 15.1. The maximum Gasteiger partial charge on any atom is 0.311 e. The fourth-order valence-electron chi connectivity index (χ4n) is 5.99. The molecule has 24 heavy (non-hydrogen) atoms. The minimum atomic E-state index is -0.563. The van der Waals surface area contributed by atoms with Crippen molar-refractivity contribution in [1.29, 1.82) is 0 Å². The molecule has 3 rings (SSSR count). The van der Waals surface area contributed by atoms with E-state index in [1.807, 2.05) is 6.92 Å². The summed E-state index contributed by atoms with van der Waals surface area (Å²) in [6.07, 6.45) is 8.81. The number of fused-ring (bicyclic) bond motifs is 3. The van der Waals surface area contributed by atoms with E-state index < -0.39 is 5.41 Å². The Kier molecular flexibility index (Phi) is 4.63. The van der Waals surface area contributed by atoms with Crippen LogP contribution in [-0.2, 0) is 14.3 Å². The van der Waals surface area contributed by atoms with E-state index in [4.69, 9.17) is 4.74 Å².